The Hall–Kier alpha value is -3.31. The highest BCUT2D eigenvalue weighted by molar-refractivity contribution is 8.19. The first-order chi connectivity index (χ1) is 15.9. The van der Waals surface area contributed by atoms with Gasteiger partial charge in [0.15, 0.2) is 5.17 Å². The minimum absolute atomic E-state index is 0.0895. The molecule has 0 atom stereocenters. The maximum absolute atomic E-state index is 13.5. The molecule has 1 aliphatic heterocycles. The van der Waals surface area contributed by atoms with Gasteiger partial charge in [-0.25, -0.2) is 4.99 Å². The molecule has 0 bridgehead atoms. The Labute approximate surface area is 200 Å². The van der Waals surface area contributed by atoms with Gasteiger partial charge in [-0.05, 0) is 67.9 Å². The number of carbonyl (C=O) groups is 1. The molecule has 3 aromatic rings. The van der Waals surface area contributed by atoms with E-state index in [4.69, 9.17) is 9.73 Å². The first kappa shape index (κ1) is 22.9. The van der Waals surface area contributed by atoms with Gasteiger partial charge in [0.2, 0.25) is 0 Å². The summed E-state index contributed by atoms with van der Waals surface area (Å²) in [5.41, 5.74) is 4.81. The third-order valence-electron chi connectivity index (χ3n) is 5.14. The van der Waals surface area contributed by atoms with Gasteiger partial charge in [0.25, 0.3) is 5.91 Å². The fourth-order valence-corrected chi connectivity index (χ4v) is 4.32. The molecule has 1 saturated heterocycles. The molecule has 1 aliphatic rings. The van der Waals surface area contributed by atoms with Crippen LogP contribution in [-0.4, -0.2) is 17.7 Å². The molecule has 0 saturated carbocycles. The second-order valence-electron chi connectivity index (χ2n) is 8.56. The number of aryl methyl sites for hydroxylation is 2. The van der Waals surface area contributed by atoms with Crippen LogP contribution in [0.15, 0.2) is 82.7 Å². The molecule has 0 unspecified atom stereocenters. The number of amides is 1. The second-order valence-corrected chi connectivity index (χ2v) is 9.57. The summed E-state index contributed by atoms with van der Waals surface area (Å²) in [6, 6.07) is 23.7. The molecule has 5 heteroatoms. The molecule has 1 amide bonds. The Morgan fingerprint density at radius 1 is 0.939 bits per heavy atom. The van der Waals surface area contributed by atoms with E-state index in [1.807, 2.05) is 92.7 Å². The summed E-state index contributed by atoms with van der Waals surface area (Å²) in [5.74, 6) is 1.10. The summed E-state index contributed by atoms with van der Waals surface area (Å²) in [4.78, 5) is 20.7. The van der Waals surface area contributed by atoms with E-state index in [2.05, 4.69) is 13.8 Å². The van der Waals surface area contributed by atoms with Crippen molar-refractivity contribution in [1.82, 2.24) is 0 Å². The molecule has 1 heterocycles. The highest BCUT2D eigenvalue weighted by Gasteiger charge is 2.35. The molecular formula is C28H28N2O2S. The summed E-state index contributed by atoms with van der Waals surface area (Å²) in [7, 11) is 0. The number of anilines is 1. The summed E-state index contributed by atoms with van der Waals surface area (Å²) in [6.07, 6.45) is 1.90. The number of para-hydroxylation sites is 1. The zero-order valence-electron chi connectivity index (χ0n) is 19.4. The lowest BCUT2D eigenvalue weighted by atomic mass is 10.1. The zero-order valence-corrected chi connectivity index (χ0v) is 20.2. The molecule has 0 N–H and O–H groups in total. The predicted octanol–water partition coefficient (Wildman–Crippen LogP) is 7.15. The van der Waals surface area contributed by atoms with Crippen molar-refractivity contribution in [3.8, 4) is 5.75 Å². The van der Waals surface area contributed by atoms with Crippen LogP contribution < -0.4 is 9.64 Å². The smallest absolute Gasteiger partial charge is 0.271 e. The van der Waals surface area contributed by atoms with Gasteiger partial charge >= 0.3 is 0 Å². The maximum atomic E-state index is 13.5. The largest absolute Gasteiger partial charge is 0.493 e. The van der Waals surface area contributed by atoms with Crippen molar-refractivity contribution in [2.75, 3.05) is 11.5 Å². The normalized spacial score (nSPS) is 16.3. The van der Waals surface area contributed by atoms with E-state index in [0.29, 0.717) is 22.6 Å². The summed E-state index contributed by atoms with van der Waals surface area (Å²) in [5, 5.41) is 0.638. The molecular weight excluding hydrogens is 428 g/mol. The minimum Gasteiger partial charge on any atom is -0.493 e. The third-order valence-corrected chi connectivity index (χ3v) is 6.10. The van der Waals surface area contributed by atoms with Crippen molar-refractivity contribution < 1.29 is 9.53 Å². The topological polar surface area (TPSA) is 41.9 Å². The third kappa shape index (κ3) is 5.55. The van der Waals surface area contributed by atoms with Crippen LogP contribution in [0.3, 0.4) is 0 Å². The van der Waals surface area contributed by atoms with Gasteiger partial charge in [0.05, 0.1) is 22.9 Å². The fraction of sp³-hybridized carbons (Fsp3) is 0.214. The zero-order chi connectivity index (χ0) is 23.4. The van der Waals surface area contributed by atoms with E-state index >= 15 is 0 Å². The van der Waals surface area contributed by atoms with Gasteiger partial charge in [0, 0.05) is 5.56 Å². The number of rotatable bonds is 6. The lowest BCUT2D eigenvalue weighted by Gasteiger charge is -2.16. The Morgan fingerprint density at radius 3 is 2.24 bits per heavy atom. The Balaban J connectivity index is 1.73. The highest BCUT2D eigenvalue weighted by atomic mass is 32.2. The molecule has 168 valence electrons. The van der Waals surface area contributed by atoms with E-state index < -0.39 is 0 Å². The van der Waals surface area contributed by atoms with Crippen LogP contribution in [-0.2, 0) is 4.79 Å². The predicted molar refractivity (Wildman–Crippen MR) is 139 cm³/mol. The van der Waals surface area contributed by atoms with Gasteiger partial charge in [0.1, 0.15) is 5.75 Å². The van der Waals surface area contributed by atoms with Crippen molar-refractivity contribution >= 4 is 40.3 Å². The van der Waals surface area contributed by atoms with E-state index in [9.17, 15) is 4.79 Å². The van der Waals surface area contributed by atoms with Gasteiger partial charge in [-0.15, -0.1) is 0 Å². The molecule has 0 aromatic heterocycles. The number of nitrogens with zero attached hydrogens (tertiary/aromatic N) is 2. The monoisotopic (exact) mass is 456 g/mol. The van der Waals surface area contributed by atoms with Crippen molar-refractivity contribution in [2.45, 2.75) is 27.7 Å². The molecule has 0 aliphatic carbocycles. The number of benzene rings is 3. The first-order valence-corrected chi connectivity index (χ1v) is 11.9. The van der Waals surface area contributed by atoms with Crippen molar-refractivity contribution in [3.05, 3.63) is 94.4 Å². The van der Waals surface area contributed by atoms with Gasteiger partial charge < -0.3 is 4.74 Å². The van der Waals surface area contributed by atoms with E-state index in [0.717, 1.165) is 28.3 Å². The number of hydrogen-bond acceptors (Lipinski definition) is 4. The summed E-state index contributed by atoms with van der Waals surface area (Å²) >= 11 is 1.38. The van der Waals surface area contributed by atoms with Crippen LogP contribution >= 0.6 is 11.8 Å². The maximum Gasteiger partial charge on any atom is 0.271 e. The lowest BCUT2D eigenvalue weighted by Crippen LogP contribution is -2.28. The number of thioether (sulfide) groups is 1. The highest BCUT2D eigenvalue weighted by Crippen LogP contribution is 2.38. The quantitative estimate of drug-likeness (QED) is 0.370. The molecule has 4 nitrogen and oxygen atoms in total. The van der Waals surface area contributed by atoms with Crippen LogP contribution in [0.5, 0.6) is 5.75 Å². The van der Waals surface area contributed by atoms with Crippen molar-refractivity contribution in [1.29, 1.82) is 0 Å². The van der Waals surface area contributed by atoms with Crippen LogP contribution in [0.4, 0.5) is 11.4 Å². The number of amidine groups is 1. The molecule has 0 radical (unpaired) electrons. The minimum atomic E-state index is -0.0895. The van der Waals surface area contributed by atoms with Gasteiger partial charge in [-0.1, -0.05) is 67.4 Å². The second kappa shape index (κ2) is 10.1. The SMILES string of the molecule is Cc1ccc(N=C2S/C(=C/c3ccccc3OCC(C)C)C(=O)N2c2ccc(C)cc2)cc1. The number of ether oxygens (including phenoxy) is 1. The Bertz CT molecular complexity index is 1200. The first-order valence-electron chi connectivity index (χ1n) is 11.1. The number of aliphatic imine (C=N–C) groups is 1. The number of hydrogen-bond donors (Lipinski definition) is 0. The van der Waals surface area contributed by atoms with Crippen LogP contribution in [0, 0.1) is 19.8 Å². The molecule has 4 rings (SSSR count). The summed E-state index contributed by atoms with van der Waals surface area (Å²) in [6.45, 7) is 8.93. The number of carbonyl (C=O) groups excluding carboxylic acids is 1. The van der Waals surface area contributed by atoms with Crippen LogP contribution in [0.2, 0.25) is 0 Å². The standard InChI is InChI=1S/C28H28N2O2S/c1-19(2)18-32-25-8-6-5-7-22(25)17-26-27(31)30(24-15-11-21(4)12-16-24)28(33-26)29-23-13-9-20(3)10-14-23/h5-17,19H,18H2,1-4H3/b26-17+,29-28?. The average molecular weight is 457 g/mol. The van der Waals surface area contributed by atoms with Gasteiger partial charge in [-0.2, -0.15) is 0 Å². The van der Waals surface area contributed by atoms with Crippen LogP contribution in [0.1, 0.15) is 30.5 Å². The Morgan fingerprint density at radius 2 is 1.58 bits per heavy atom. The molecule has 0 spiro atoms. The lowest BCUT2D eigenvalue weighted by molar-refractivity contribution is -0.113. The molecule has 1 fully saturated rings. The van der Waals surface area contributed by atoms with Crippen molar-refractivity contribution in [3.63, 3.8) is 0 Å². The van der Waals surface area contributed by atoms with Gasteiger partial charge in [-0.3, -0.25) is 9.69 Å². The fourth-order valence-electron chi connectivity index (χ4n) is 3.33. The average Bonchev–Trinajstić information content (AvgIpc) is 3.10. The van der Waals surface area contributed by atoms with E-state index in [1.54, 1.807) is 4.90 Å². The van der Waals surface area contributed by atoms with Crippen LogP contribution in [0.25, 0.3) is 6.08 Å². The summed E-state index contributed by atoms with van der Waals surface area (Å²) < 4.78 is 5.99. The van der Waals surface area contributed by atoms with Crippen molar-refractivity contribution in [2.24, 2.45) is 10.9 Å². The Kier molecular flexibility index (Phi) is 6.99. The van der Waals surface area contributed by atoms with E-state index in [-0.39, 0.29) is 5.91 Å². The molecule has 3 aromatic carbocycles. The van der Waals surface area contributed by atoms with E-state index in [1.165, 1.54) is 17.3 Å². The molecule has 33 heavy (non-hydrogen) atoms.